The van der Waals surface area contributed by atoms with E-state index in [-0.39, 0.29) is 5.56 Å². The van der Waals surface area contributed by atoms with Gasteiger partial charge in [-0.15, -0.1) is 0 Å². The van der Waals surface area contributed by atoms with E-state index in [9.17, 15) is 4.79 Å². The van der Waals surface area contributed by atoms with Crippen LogP contribution in [0.15, 0.2) is 35.1 Å². The van der Waals surface area contributed by atoms with Gasteiger partial charge in [-0.05, 0) is 18.4 Å². The summed E-state index contributed by atoms with van der Waals surface area (Å²) in [5.41, 5.74) is 3.39. The number of H-pyrrole nitrogens is 1. The molecule has 0 atom stereocenters. The first kappa shape index (κ1) is 11.7. The van der Waals surface area contributed by atoms with E-state index >= 15 is 0 Å². The number of aryl methyl sites for hydroxylation is 1. The Hall–Kier alpha value is -1.77. The highest BCUT2D eigenvalue weighted by Crippen LogP contribution is 2.09. The fourth-order valence-corrected chi connectivity index (χ4v) is 1.74. The molecule has 0 bridgehead atoms. The Kier molecular flexibility index (Phi) is 3.18. The molecule has 0 spiro atoms. The van der Waals surface area contributed by atoms with E-state index in [1.807, 2.05) is 0 Å². The zero-order valence-electron chi connectivity index (χ0n) is 10.5. The Bertz CT molecular complexity index is 546. The van der Waals surface area contributed by atoms with Crippen LogP contribution in [0.2, 0.25) is 0 Å². The summed E-state index contributed by atoms with van der Waals surface area (Å²) in [5.74, 6) is 0.349. The second-order valence-electron chi connectivity index (χ2n) is 4.78. The maximum Gasteiger partial charge on any atom is 0.267 e. The van der Waals surface area contributed by atoms with Crippen molar-refractivity contribution in [3.05, 3.63) is 57.5 Å². The van der Waals surface area contributed by atoms with Gasteiger partial charge in [0.1, 0.15) is 0 Å². The van der Waals surface area contributed by atoms with Gasteiger partial charge in [-0.1, -0.05) is 43.7 Å². The zero-order valence-corrected chi connectivity index (χ0v) is 10.5. The second-order valence-corrected chi connectivity index (χ2v) is 4.78. The average Bonchev–Trinajstić information content (AvgIpc) is 2.64. The van der Waals surface area contributed by atoms with Gasteiger partial charge < -0.3 is 0 Å². The Balaban J connectivity index is 2.24. The van der Waals surface area contributed by atoms with E-state index in [0.717, 1.165) is 11.3 Å². The SMILES string of the molecule is Cc1ccc(Cn2[nH]c(C(C)C)cc2=O)cc1. The van der Waals surface area contributed by atoms with Crippen LogP contribution in [0.25, 0.3) is 0 Å². The maximum atomic E-state index is 11.7. The number of nitrogens with zero attached hydrogens (tertiary/aromatic N) is 1. The van der Waals surface area contributed by atoms with Gasteiger partial charge in [-0.3, -0.25) is 9.89 Å². The first-order valence-electron chi connectivity index (χ1n) is 5.91. The van der Waals surface area contributed by atoms with Crippen LogP contribution in [-0.4, -0.2) is 9.78 Å². The van der Waals surface area contributed by atoms with Crippen molar-refractivity contribution in [3.8, 4) is 0 Å². The van der Waals surface area contributed by atoms with Gasteiger partial charge in [0, 0.05) is 11.8 Å². The maximum absolute atomic E-state index is 11.7. The van der Waals surface area contributed by atoms with Crippen molar-refractivity contribution in [2.75, 3.05) is 0 Å². The summed E-state index contributed by atoms with van der Waals surface area (Å²) in [6.07, 6.45) is 0. The van der Waals surface area contributed by atoms with E-state index in [1.54, 1.807) is 10.7 Å². The first-order chi connectivity index (χ1) is 8.06. The Morgan fingerprint density at radius 1 is 1.24 bits per heavy atom. The topological polar surface area (TPSA) is 37.8 Å². The molecule has 1 aromatic heterocycles. The molecular weight excluding hydrogens is 212 g/mol. The fraction of sp³-hybridized carbons (Fsp3) is 0.357. The van der Waals surface area contributed by atoms with Gasteiger partial charge in [-0.25, -0.2) is 4.68 Å². The van der Waals surface area contributed by atoms with E-state index in [1.165, 1.54) is 5.56 Å². The molecule has 90 valence electrons. The summed E-state index contributed by atoms with van der Waals surface area (Å²) in [6.45, 7) is 6.80. The molecule has 3 heteroatoms. The minimum Gasteiger partial charge on any atom is -0.299 e. The summed E-state index contributed by atoms with van der Waals surface area (Å²) >= 11 is 0. The van der Waals surface area contributed by atoms with Gasteiger partial charge in [0.2, 0.25) is 0 Å². The van der Waals surface area contributed by atoms with Crippen LogP contribution >= 0.6 is 0 Å². The molecule has 17 heavy (non-hydrogen) atoms. The molecule has 1 aromatic carbocycles. The first-order valence-corrected chi connectivity index (χ1v) is 5.91. The summed E-state index contributed by atoms with van der Waals surface area (Å²) in [7, 11) is 0. The molecule has 2 aromatic rings. The molecule has 1 heterocycles. The average molecular weight is 230 g/mol. The fourth-order valence-electron chi connectivity index (χ4n) is 1.74. The summed E-state index contributed by atoms with van der Waals surface area (Å²) < 4.78 is 1.65. The highest BCUT2D eigenvalue weighted by Gasteiger charge is 2.06. The number of aromatic amines is 1. The van der Waals surface area contributed by atoms with Crippen LogP contribution in [0.5, 0.6) is 0 Å². The highest BCUT2D eigenvalue weighted by molar-refractivity contribution is 5.21. The third kappa shape index (κ3) is 2.67. The van der Waals surface area contributed by atoms with Crippen molar-refractivity contribution >= 4 is 0 Å². The minimum absolute atomic E-state index is 0.0364. The molecule has 0 amide bonds. The molecule has 0 saturated carbocycles. The molecule has 0 aliphatic heterocycles. The molecule has 0 saturated heterocycles. The summed E-state index contributed by atoms with van der Waals surface area (Å²) in [6, 6.07) is 9.91. The predicted molar refractivity (Wildman–Crippen MR) is 69.4 cm³/mol. The third-order valence-electron chi connectivity index (χ3n) is 2.89. The van der Waals surface area contributed by atoms with Crippen LogP contribution in [0.1, 0.15) is 36.6 Å². The molecule has 2 rings (SSSR count). The van der Waals surface area contributed by atoms with Crippen molar-refractivity contribution in [1.82, 2.24) is 9.78 Å². The zero-order chi connectivity index (χ0) is 12.4. The van der Waals surface area contributed by atoms with Crippen LogP contribution < -0.4 is 5.56 Å². The van der Waals surface area contributed by atoms with Gasteiger partial charge >= 0.3 is 0 Å². The number of hydrogen-bond acceptors (Lipinski definition) is 1. The van der Waals surface area contributed by atoms with Crippen molar-refractivity contribution < 1.29 is 0 Å². The number of benzene rings is 1. The number of hydrogen-bond donors (Lipinski definition) is 1. The molecule has 0 aliphatic rings. The van der Waals surface area contributed by atoms with Gasteiger partial charge in [0.25, 0.3) is 5.56 Å². The molecule has 3 nitrogen and oxygen atoms in total. The van der Waals surface area contributed by atoms with Gasteiger partial charge in [0.15, 0.2) is 0 Å². The number of rotatable bonds is 3. The van der Waals surface area contributed by atoms with Gasteiger partial charge in [-0.2, -0.15) is 0 Å². The van der Waals surface area contributed by atoms with Gasteiger partial charge in [0.05, 0.1) is 6.54 Å². The summed E-state index contributed by atoms with van der Waals surface area (Å²) in [4.78, 5) is 11.7. The summed E-state index contributed by atoms with van der Waals surface area (Å²) in [5, 5.41) is 3.15. The molecule has 0 radical (unpaired) electrons. The van der Waals surface area contributed by atoms with Crippen LogP contribution in [0.4, 0.5) is 0 Å². The molecule has 0 aliphatic carbocycles. The van der Waals surface area contributed by atoms with E-state index in [2.05, 4.69) is 50.1 Å². The third-order valence-corrected chi connectivity index (χ3v) is 2.89. The molecule has 0 fully saturated rings. The normalized spacial score (nSPS) is 11.1. The van der Waals surface area contributed by atoms with E-state index in [0.29, 0.717) is 12.5 Å². The van der Waals surface area contributed by atoms with Crippen molar-refractivity contribution in [2.24, 2.45) is 0 Å². The molecular formula is C14H18N2O. The minimum atomic E-state index is 0.0364. The quantitative estimate of drug-likeness (QED) is 0.864. The lowest BCUT2D eigenvalue weighted by molar-refractivity contribution is 0.640. The van der Waals surface area contributed by atoms with Crippen molar-refractivity contribution in [1.29, 1.82) is 0 Å². The Labute approximate surface area is 101 Å². The standard InChI is InChI=1S/C14H18N2O/c1-10(2)13-8-14(17)16(15-13)9-12-6-4-11(3)5-7-12/h4-8,10,15H,9H2,1-3H3. The van der Waals surface area contributed by atoms with Crippen molar-refractivity contribution in [2.45, 2.75) is 33.2 Å². The van der Waals surface area contributed by atoms with Crippen LogP contribution in [0.3, 0.4) is 0 Å². The number of nitrogens with one attached hydrogen (secondary N) is 1. The van der Waals surface area contributed by atoms with Crippen LogP contribution in [-0.2, 0) is 6.54 Å². The molecule has 0 unspecified atom stereocenters. The largest absolute Gasteiger partial charge is 0.299 e. The monoisotopic (exact) mass is 230 g/mol. The van der Waals surface area contributed by atoms with E-state index in [4.69, 9.17) is 0 Å². The molecule has 1 N–H and O–H groups in total. The van der Waals surface area contributed by atoms with Crippen LogP contribution in [0, 0.1) is 6.92 Å². The van der Waals surface area contributed by atoms with Crippen molar-refractivity contribution in [3.63, 3.8) is 0 Å². The lowest BCUT2D eigenvalue weighted by Crippen LogP contribution is -2.16. The van der Waals surface area contributed by atoms with E-state index < -0.39 is 0 Å². The Morgan fingerprint density at radius 3 is 2.41 bits per heavy atom. The smallest absolute Gasteiger partial charge is 0.267 e. The second kappa shape index (κ2) is 4.62. The lowest BCUT2D eigenvalue weighted by atomic mass is 10.1. The lowest BCUT2D eigenvalue weighted by Gasteiger charge is -2.04. The Morgan fingerprint density at radius 2 is 1.88 bits per heavy atom. The highest BCUT2D eigenvalue weighted by atomic mass is 16.1. The number of aromatic nitrogens is 2. The predicted octanol–water partition coefficient (Wildman–Crippen LogP) is 2.66.